The lowest BCUT2D eigenvalue weighted by Gasteiger charge is -2.33. The van der Waals surface area contributed by atoms with E-state index < -0.39 is 0 Å². The maximum atomic E-state index is 13.0. The third kappa shape index (κ3) is 3.30. The minimum absolute atomic E-state index is 0.0180. The topological polar surface area (TPSA) is 41.1 Å². The quantitative estimate of drug-likeness (QED) is 0.782. The molecule has 3 heteroatoms. The normalized spacial score (nSPS) is 21.5. The fourth-order valence-corrected chi connectivity index (χ4v) is 3.84. The number of hydrogen-bond acceptors (Lipinski definition) is 3. The minimum atomic E-state index is -0.134. The molecule has 0 bridgehead atoms. The predicted molar refractivity (Wildman–Crippen MR) is 108 cm³/mol. The van der Waals surface area contributed by atoms with Gasteiger partial charge in [-0.3, -0.25) is 4.79 Å². The van der Waals surface area contributed by atoms with Gasteiger partial charge in [0.05, 0.1) is 17.4 Å². The Labute approximate surface area is 154 Å². The van der Waals surface area contributed by atoms with Crippen LogP contribution in [-0.2, 0) is 4.79 Å². The van der Waals surface area contributed by atoms with Crippen molar-refractivity contribution < 1.29 is 4.79 Å². The van der Waals surface area contributed by atoms with Gasteiger partial charge >= 0.3 is 0 Å². The Morgan fingerprint density at radius 3 is 2.42 bits per heavy atom. The molecule has 0 spiro atoms. The van der Waals surface area contributed by atoms with Crippen LogP contribution in [0.3, 0.4) is 0 Å². The number of carbonyl (C=O) groups is 1. The fourth-order valence-electron chi connectivity index (χ4n) is 3.84. The van der Waals surface area contributed by atoms with Crippen molar-refractivity contribution in [2.75, 3.05) is 10.6 Å². The number of ketones is 1. The van der Waals surface area contributed by atoms with Gasteiger partial charge in [-0.1, -0.05) is 68.5 Å². The number of Topliss-reactive ketones (excluding diaryl/α,β-unsaturated/α-hetero) is 1. The van der Waals surface area contributed by atoms with Crippen LogP contribution in [0.1, 0.15) is 32.3 Å². The summed E-state index contributed by atoms with van der Waals surface area (Å²) in [6.45, 7) is 4.32. The molecule has 3 nitrogen and oxygen atoms in total. The van der Waals surface area contributed by atoms with E-state index in [9.17, 15) is 4.79 Å². The third-order valence-corrected chi connectivity index (χ3v) is 5.04. The lowest BCUT2D eigenvalue weighted by atomic mass is 9.74. The first kappa shape index (κ1) is 16.6. The average Bonchev–Trinajstić information content (AvgIpc) is 2.75. The van der Waals surface area contributed by atoms with Crippen molar-refractivity contribution in [1.29, 1.82) is 0 Å². The molecule has 26 heavy (non-hydrogen) atoms. The second-order valence-corrected chi connectivity index (χ2v) is 7.90. The molecule has 1 aliphatic heterocycles. The summed E-state index contributed by atoms with van der Waals surface area (Å²) in [6, 6.07) is 18.2. The first-order valence-corrected chi connectivity index (χ1v) is 9.14. The first-order valence-electron chi connectivity index (χ1n) is 9.14. The highest BCUT2D eigenvalue weighted by Crippen LogP contribution is 2.41. The van der Waals surface area contributed by atoms with E-state index in [1.165, 1.54) is 0 Å². The van der Waals surface area contributed by atoms with Gasteiger partial charge in [0.2, 0.25) is 0 Å². The predicted octanol–water partition coefficient (Wildman–Crippen LogP) is 5.25. The third-order valence-electron chi connectivity index (χ3n) is 5.04. The van der Waals surface area contributed by atoms with E-state index in [0.29, 0.717) is 6.42 Å². The number of para-hydroxylation sites is 2. The molecule has 0 radical (unpaired) electrons. The van der Waals surface area contributed by atoms with Gasteiger partial charge in [-0.2, -0.15) is 0 Å². The molecule has 0 fully saturated rings. The number of allylic oxidation sites excluding steroid dienone is 1. The summed E-state index contributed by atoms with van der Waals surface area (Å²) in [5.74, 6) is 0.228. The molecule has 0 aromatic heterocycles. The van der Waals surface area contributed by atoms with Crippen molar-refractivity contribution in [2.45, 2.75) is 32.7 Å². The molecule has 1 atom stereocenters. The fraction of sp³-hybridized carbons (Fsp3) is 0.261. The van der Waals surface area contributed by atoms with Crippen molar-refractivity contribution in [3.8, 4) is 0 Å². The van der Waals surface area contributed by atoms with Gasteiger partial charge in [-0.15, -0.1) is 0 Å². The van der Waals surface area contributed by atoms with E-state index in [4.69, 9.17) is 0 Å². The lowest BCUT2D eigenvalue weighted by Crippen LogP contribution is -2.34. The molecule has 0 saturated heterocycles. The second kappa shape index (κ2) is 6.49. The van der Waals surface area contributed by atoms with Crippen molar-refractivity contribution in [1.82, 2.24) is 0 Å². The van der Waals surface area contributed by atoms with Crippen molar-refractivity contribution in [3.63, 3.8) is 0 Å². The number of carbonyl (C=O) groups excluding carboxylic acids is 1. The van der Waals surface area contributed by atoms with Crippen LogP contribution >= 0.6 is 0 Å². The highest BCUT2D eigenvalue weighted by Gasteiger charge is 2.37. The van der Waals surface area contributed by atoms with E-state index in [-0.39, 0.29) is 17.2 Å². The van der Waals surface area contributed by atoms with Gasteiger partial charge in [0.25, 0.3) is 0 Å². The minimum Gasteiger partial charge on any atom is -0.373 e. The van der Waals surface area contributed by atoms with Gasteiger partial charge < -0.3 is 10.6 Å². The molecule has 132 valence electrons. The number of rotatable bonds is 2. The number of fused-ring (bicyclic) bond motifs is 1. The summed E-state index contributed by atoms with van der Waals surface area (Å²) in [5.41, 5.74) is 5.08. The largest absolute Gasteiger partial charge is 0.373 e. The Kier molecular flexibility index (Phi) is 4.15. The highest BCUT2D eigenvalue weighted by molar-refractivity contribution is 6.01. The van der Waals surface area contributed by atoms with E-state index in [1.54, 1.807) is 0 Å². The Morgan fingerprint density at radius 1 is 0.962 bits per heavy atom. The molecule has 2 aromatic carbocycles. The summed E-state index contributed by atoms with van der Waals surface area (Å²) >= 11 is 0. The Bertz CT molecular complexity index is 893. The van der Waals surface area contributed by atoms with Crippen LogP contribution in [0.4, 0.5) is 11.4 Å². The van der Waals surface area contributed by atoms with Crippen molar-refractivity contribution >= 4 is 23.2 Å². The van der Waals surface area contributed by atoms with Gasteiger partial charge in [0, 0.05) is 17.7 Å². The van der Waals surface area contributed by atoms with Gasteiger partial charge in [-0.05, 0) is 29.5 Å². The SMILES string of the molecule is CC1(C)CC(=O)C2=C(C1)Nc1ccccc1N[C@H]2/C=C/c1ccccc1. The standard InChI is InChI=1S/C23H24N2O/c1-23(2)14-20-22(21(26)15-23)19(13-12-16-8-4-3-5-9-16)24-17-10-6-7-11-18(17)25-20/h3-13,19,24-25H,14-15H2,1-2H3/b13-12+/t19-/m0/s1. The average molecular weight is 344 g/mol. The smallest absolute Gasteiger partial charge is 0.163 e. The van der Waals surface area contributed by atoms with E-state index >= 15 is 0 Å². The van der Waals surface area contributed by atoms with Crippen LogP contribution in [-0.4, -0.2) is 11.8 Å². The molecule has 4 rings (SSSR count). The molecule has 2 aliphatic rings. The van der Waals surface area contributed by atoms with E-state index in [1.807, 2.05) is 30.3 Å². The van der Waals surface area contributed by atoms with Crippen LogP contribution in [0, 0.1) is 5.41 Å². The molecule has 2 aromatic rings. The van der Waals surface area contributed by atoms with Crippen molar-refractivity contribution in [2.24, 2.45) is 5.41 Å². The number of nitrogens with one attached hydrogen (secondary N) is 2. The first-order chi connectivity index (χ1) is 12.5. The summed E-state index contributed by atoms with van der Waals surface area (Å²) in [5, 5.41) is 7.10. The summed E-state index contributed by atoms with van der Waals surface area (Å²) in [7, 11) is 0. The molecular formula is C23H24N2O. The number of anilines is 2. The molecular weight excluding hydrogens is 320 g/mol. The zero-order valence-corrected chi connectivity index (χ0v) is 15.3. The number of benzene rings is 2. The van der Waals surface area contributed by atoms with Crippen LogP contribution in [0.15, 0.2) is 71.9 Å². The molecule has 0 saturated carbocycles. The molecule has 0 unspecified atom stereocenters. The maximum Gasteiger partial charge on any atom is 0.163 e. The van der Waals surface area contributed by atoms with Gasteiger partial charge in [-0.25, -0.2) is 0 Å². The number of hydrogen-bond donors (Lipinski definition) is 2. The zero-order valence-electron chi connectivity index (χ0n) is 15.3. The van der Waals surface area contributed by atoms with Gasteiger partial charge in [0.15, 0.2) is 5.78 Å². The van der Waals surface area contributed by atoms with Crippen LogP contribution < -0.4 is 10.6 Å². The second-order valence-electron chi connectivity index (χ2n) is 7.90. The summed E-state index contributed by atoms with van der Waals surface area (Å²) in [4.78, 5) is 13.0. The summed E-state index contributed by atoms with van der Waals surface area (Å²) in [6.07, 6.45) is 5.65. The molecule has 2 N–H and O–H groups in total. The van der Waals surface area contributed by atoms with Crippen LogP contribution in [0.5, 0.6) is 0 Å². The van der Waals surface area contributed by atoms with Gasteiger partial charge in [0.1, 0.15) is 0 Å². The highest BCUT2D eigenvalue weighted by atomic mass is 16.1. The van der Waals surface area contributed by atoms with E-state index in [0.717, 1.165) is 34.6 Å². The van der Waals surface area contributed by atoms with Crippen molar-refractivity contribution in [3.05, 3.63) is 77.5 Å². The Balaban J connectivity index is 1.77. The zero-order chi connectivity index (χ0) is 18.1. The Morgan fingerprint density at radius 2 is 1.65 bits per heavy atom. The van der Waals surface area contributed by atoms with E-state index in [2.05, 4.69) is 60.9 Å². The Hall–Kier alpha value is -2.81. The lowest BCUT2D eigenvalue weighted by molar-refractivity contribution is -0.118. The molecule has 1 heterocycles. The van der Waals surface area contributed by atoms with Crippen LogP contribution in [0.25, 0.3) is 6.08 Å². The molecule has 1 aliphatic carbocycles. The molecule has 0 amide bonds. The summed E-state index contributed by atoms with van der Waals surface area (Å²) < 4.78 is 0. The monoisotopic (exact) mass is 344 g/mol. The maximum absolute atomic E-state index is 13.0. The van der Waals surface area contributed by atoms with Crippen LogP contribution in [0.2, 0.25) is 0 Å².